The molecule has 7 nitrogen and oxygen atoms in total. The molecule has 1 rings (SSSR count). The highest BCUT2D eigenvalue weighted by atomic mass is 32.2. The van der Waals surface area contributed by atoms with Crippen LogP contribution in [0, 0.1) is 0 Å². The fourth-order valence-corrected chi connectivity index (χ4v) is 3.84. The number of rotatable bonds is 5. The number of carbonyl (C=O) groups excluding carboxylic acids is 1. The van der Waals surface area contributed by atoms with Gasteiger partial charge in [-0.3, -0.25) is 14.5 Å². The van der Waals surface area contributed by atoms with Crippen LogP contribution < -0.4 is 5.73 Å². The second kappa shape index (κ2) is 5.66. The number of amides is 1. The molecule has 1 aliphatic heterocycles. The van der Waals surface area contributed by atoms with Crippen molar-refractivity contribution in [2.24, 2.45) is 5.73 Å². The summed E-state index contributed by atoms with van der Waals surface area (Å²) in [5, 5.41) is 8.81. The highest BCUT2D eigenvalue weighted by Crippen LogP contribution is 2.19. The Bertz CT molecular complexity index is 434. The number of hydrogen-bond acceptors (Lipinski definition) is 5. The van der Waals surface area contributed by atoms with Crippen LogP contribution in [0.15, 0.2) is 0 Å². The van der Waals surface area contributed by atoms with E-state index in [0.29, 0.717) is 6.42 Å². The zero-order valence-electron chi connectivity index (χ0n) is 10.2. The van der Waals surface area contributed by atoms with Gasteiger partial charge in [-0.05, 0) is 6.42 Å². The Balaban J connectivity index is 2.93. The Morgan fingerprint density at radius 2 is 2.11 bits per heavy atom. The molecule has 104 valence electrons. The molecule has 0 bridgehead atoms. The zero-order valence-corrected chi connectivity index (χ0v) is 11.0. The van der Waals surface area contributed by atoms with Gasteiger partial charge in [-0.15, -0.1) is 0 Å². The third-order valence-corrected chi connectivity index (χ3v) is 4.80. The third-order valence-electron chi connectivity index (χ3n) is 3.10. The van der Waals surface area contributed by atoms with E-state index in [4.69, 9.17) is 10.8 Å². The van der Waals surface area contributed by atoms with Crippen LogP contribution in [0.1, 0.15) is 19.8 Å². The number of nitrogens with two attached hydrogens (primary N) is 1. The molecule has 2 atom stereocenters. The molecule has 0 spiro atoms. The van der Waals surface area contributed by atoms with Crippen molar-refractivity contribution in [1.29, 1.82) is 0 Å². The maximum absolute atomic E-state index is 11.5. The number of carbonyl (C=O) groups is 2. The second-order valence-electron chi connectivity index (χ2n) is 4.43. The molecule has 0 radical (unpaired) electrons. The minimum Gasteiger partial charge on any atom is -0.481 e. The van der Waals surface area contributed by atoms with Crippen LogP contribution in [-0.4, -0.2) is 60.4 Å². The van der Waals surface area contributed by atoms with E-state index in [1.165, 1.54) is 0 Å². The van der Waals surface area contributed by atoms with Gasteiger partial charge in [-0.1, -0.05) is 6.92 Å². The van der Waals surface area contributed by atoms with Crippen molar-refractivity contribution < 1.29 is 23.1 Å². The Morgan fingerprint density at radius 1 is 1.50 bits per heavy atom. The molecular formula is C10H18N2O5S. The average molecular weight is 278 g/mol. The topological polar surface area (TPSA) is 118 Å². The lowest BCUT2D eigenvalue weighted by molar-refractivity contribution is -0.139. The van der Waals surface area contributed by atoms with E-state index >= 15 is 0 Å². The van der Waals surface area contributed by atoms with Crippen LogP contribution in [0.4, 0.5) is 0 Å². The van der Waals surface area contributed by atoms with E-state index in [1.54, 1.807) is 11.8 Å². The van der Waals surface area contributed by atoms with Crippen molar-refractivity contribution in [1.82, 2.24) is 4.90 Å². The van der Waals surface area contributed by atoms with Crippen LogP contribution in [0.5, 0.6) is 0 Å². The molecule has 2 unspecified atom stereocenters. The number of hydrogen-bond donors (Lipinski definition) is 2. The number of aliphatic carboxylic acids is 1. The van der Waals surface area contributed by atoms with Gasteiger partial charge in [0.25, 0.3) is 0 Å². The largest absolute Gasteiger partial charge is 0.481 e. The first-order valence-electron chi connectivity index (χ1n) is 5.74. The average Bonchev–Trinajstić information content (AvgIpc) is 2.20. The van der Waals surface area contributed by atoms with Gasteiger partial charge in [0, 0.05) is 12.6 Å². The normalized spacial score (nSPS) is 25.5. The minimum absolute atomic E-state index is 0.0626. The maximum Gasteiger partial charge on any atom is 0.304 e. The number of nitrogens with zero attached hydrogens (tertiary/aromatic N) is 1. The van der Waals surface area contributed by atoms with E-state index in [2.05, 4.69) is 0 Å². The van der Waals surface area contributed by atoms with Gasteiger partial charge in [0.05, 0.1) is 24.0 Å². The number of sulfone groups is 1. The van der Waals surface area contributed by atoms with E-state index in [1.807, 2.05) is 0 Å². The van der Waals surface area contributed by atoms with Gasteiger partial charge in [-0.25, -0.2) is 8.42 Å². The van der Waals surface area contributed by atoms with E-state index < -0.39 is 33.8 Å². The third kappa shape index (κ3) is 3.67. The van der Waals surface area contributed by atoms with Crippen molar-refractivity contribution in [2.75, 3.05) is 18.1 Å². The zero-order chi connectivity index (χ0) is 13.9. The molecule has 1 amide bonds. The first-order valence-corrected chi connectivity index (χ1v) is 7.56. The van der Waals surface area contributed by atoms with Crippen LogP contribution in [0.25, 0.3) is 0 Å². The molecule has 0 aromatic carbocycles. The van der Waals surface area contributed by atoms with E-state index in [9.17, 15) is 18.0 Å². The van der Waals surface area contributed by atoms with Gasteiger partial charge >= 0.3 is 5.97 Å². The highest BCUT2D eigenvalue weighted by Gasteiger charge is 2.37. The summed E-state index contributed by atoms with van der Waals surface area (Å²) in [6.07, 6.45) is 0.133. The highest BCUT2D eigenvalue weighted by molar-refractivity contribution is 7.91. The van der Waals surface area contributed by atoms with Crippen LogP contribution in [0.2, 0.25) is 0 Å². The molecule has 0 aliphatic carbocycles. The monoisotopic (exact) mass is 278 g/mol. The first-order chi connectivity index (χ1) is 8.26. The van der Waals surface area contributed by atoms with Gasteiger partial charge in [0.15, 0.2) is 9.84 Å². The van der Waals surface area contributed by atoms with Crippen LogP contribution in [0.3, 0.4) is 0 Å². The van der Waals surface area contributed by atoms with Crippen LogP contribution in [-0.2, 0) is 19.4 Å². The summed E-state index contributed by atoms with van der Waals surface area (Å²) in [7, 11) is -3.24. The lowest BCUT2D eigenvalue weighted by Gasteiger charge is -2.38. The first kappa shape index (κ1) is 14.9. The summed E-state index contributed by atoms with van der Waals surface area (Å²) in [4.78, 5) is 23.7. The summed E-state index contributed by atoms with van der Waals surface area (Å²) in [6.45, 7) is 1.91. The molecule has 18 heavy (non-hydrogen) atoms. The molecular weight excluding hydrogens is 260 g/mol. The molecule has 1 fully saturated rings. The standard InChI is InChI=1S/C10H18N2O5S/c1-2-8(10(11)15)12-3-4-18(16,17)6-7(12)5-9(13)14/h7-8H,2-6H2,1H3,(H2,11,15)(H,13,14). The molecule has 3 N–H and O–H groups in total. The SMILES string of the molecule is CCC(C(N)=O)N1CCS(=O)(=O)CC1CC(=O)O. The Morgan fingerprint density at radius 3 is 2.56 bits per heavy atom. The Kier molecular flexibility index (Phi) is 4.69. The van der Waals surface area contributed by atoms with Crippen molar-refractivity contribution >= 4 is 21.7 Å². The summed E-state index contributed by atoms with van der Waals surface area (Å²) in [5.74, 6) is -1.93. The molecule has 8 heteroatoms. The van der Waals surface area contributed by atoms with Gasteiger partial charge in [0.1, 0.15) is 0 Å². The van der Waals surface area contributed by atoms with E-state index in [0.717, 1.165) is 0 Å². The fourth-order valence-electron chi connectivity index (χ4n) is 2.29. The number of primary amides is 1. The quantitative estimate of drug-likeness (QED) is 0.654. The molecule has 0 aromatic rings. The van der Waals surface area contributed by atoms with Gasteiger partial charge in [-0.2, -0.15) is 0 Å². The van der Waals surface area contributed by atoms with Crippen molar-refractivity contribution in [3.8, 4) is 0 Å². The lowest BCUT2D eigenvalue weighted by Crippen LogP contribution is -2.57. The number of carboxylic acid groups (broad SMARTS) is 1. The summed E-state index contributed by atoms with van der Waals surface area (Å²) < 4.78 is 23.1. The Labute approximate surface area is 106 Å². The molecule has 0 aromatic heterocycles. The lowest BCUT2D eigenvalue weighted by atomic mass is 10.1. The van der Waals surface area contributed by atoms with Crippen LogP contribution >= 0.6 is 0 Å². The summed E-state index contributed by atoms with van der Waals surface area (Å²) >= 11 is 0. The van der Waals surface area contributed by atoms with Crippen molar-refractivity contribution in [3.63, 3.8) is 0 Å². The second-order valence-corrected chi connectivity index (χ2v) is 6.66. The molecule has 1 heterocycles. The molecule has 1 aliphatic rings. The smallest absolute Gasteiger partial charge is 0.304 e. The van der Waals surface area contributed by atoms with Crippen molar-refractivity contribution in [2.45, 2.75) is 31.8 Å². The molecule has 1 saturated heterocycles. The minimum atomic E-state index is -3.24. The van der Waals surface area contributed by atoms with Gasteiger partial charge < -0.3 is 10.8 Å². The maximum atomic E-state index is 11.5. The fraction of sp³-hybridized carbons (Fsp3) is 0.800. The van der Waals surface area contributed by atoms with Crippen molar-refractivity contribution in [3.05, 3.63) is 0 Å². The summed E-state index contributed by atoms with van der Waals surface area (Å²) in [5.41, 5.74) is 5.26. The van der Waals surface area contributed by atoms with Gasteiger partial charge in [0.2, 0.25) is 5.91 Å². The predicted octanol–water partition coefficient (Wildman–Crippen LogP) is -1.18. The predicted molar refractivity (Wildman–Crippen MR) is 64.7 cm³/mol. The molecule has 0 saturated carbocycles. The van der Waals surface area contributed by atoms with E-state index in [-0.39, 0.29) is 24.5 Å². The Hall–Kier alpha value is -1.15. The number of carboxylic acids is 1. The summed E-state index contributed by atoms with van der Waals surface area (Å²) in [6, 6.07) is -1.29.